The predicted molar refractivity (Wildman–Crippen MR) is 195 cm³/mol. The summed E-state index contributed by atoms with van der Waals surface area (Å²) in [6, 6.07) is 36.3. The molecule has 47 heavy (non-hydrogen) atoms. The lowest BCUT2D eigenvalue weighted by molar-refractivity contribution is -0.152. The predicted octanol–water partition coefficient (Wildman–Crippen LogP) is 8.07. The number of benzene rings is 4. The lowest BCUT2D eigenvalue weighted by Gasteiger charge is -2.50. The summed E-state index contributed by atoms with van der Waals surface area (Å²) in [5.74, 6) is -1.93. The highest BCUT2D eigenvalue weighted by Crippen LogP contribution is 2.48. The topological polar surface area (TPSA) is 69.6 Å². The van der Waals surface area contributed by atoms with Crippen LogP contribution in [-0.4, -0.2) is 42.7 Å². The zero-order chi connectivity index (χ0) is 33.8. The maximum absolute atomic E-state index is 14.6. The van der Waals surface area contributed by atoms with Crippen LogP contribution >= 0.6 is 23.2 Å². The number of nitrogens with zero attached hydrogens (tertiary/aromatic N) is 1. The van der Waals surface area contributed by atoms with Crippen LogP contribution in [0.4, 0.5) is 0 Å². The first kappa shape index (κ1) is 34.9. The van der Waals surface area contributed by atoms with Crippen molar-refractivity contribution in [3.05, 3.63) is 130 Å². The van der Waals surface area contributed by atoms with Crippen LogP contribution in [0.5, 0.6) is 0 Å². The van der Waals surface area contributed by atoms with Gasteiger partial charge in [0.1, 0.15) is 0 Å². The van der Waals surface area contributed by atoms with Crippen molar-refractivity contribution in [1.29, 1.82) is 0 Å². The zero-order valence-electron chi connectivity index (χ0n) is 27.5. The first-order valence-electron chi connectivity index (χ1n) is 16.4. The Morgan fingerprint density at radius 2 is 1.47 bits per heavy atom. The first-order chi connectivity index (χ1) is 22.5. The van der Waals surface area contributed by atoms with Gasteiger partial charge in [-0.1, -0.05) is 136 Å². The van der Waals surface area contributed by atoms with Gasteiger partial charge in [-0.05, 0) is 63.6 Å². The van der Waals surface area contributed by atoms with Crippen LogP contribution in [0.15, 0.2) is 109 Å². The number of halogens is 2. The van der Waals surface area contributed by atoms with Crippen molar-refractivity contribution in [2.75, 3.05) is 6.54 Å². The molecule has 5 nitrogen and oxygen atoms in total. The minimum Gasteiger partial charge on any atom is -0.481 e. The average Bonchev–Trinajstić information content (AvgIpc) is 3.05. The van der Waals surface area contributed by atoms with E-state index in [0.717, 1.165) is 11.1 Å². The standard InChI is InChI=1S/C39H44Cl2N2O3Si/c1-5-32(26-42-47(39(2,3)4,33-15-8-6-9-16-33)34-17-10-7-11-18-34)43-37(27-19-21-30(40)22-20-27)35(28-13-12-14-31(41)23-28)24-29(38(43)46)25-36(44)45/h6-23,29,32,35,37,42H,5,24-26H2,1-4H3,(H,44,45)/t29-,32?,35+,37+/m0/s1. The quantitative estimate of drug-likeness (QED) is 0.157. The Kier molecular flexibility index (Phi) is 11.0. The lowest BCUT2D eigenvalue weighted by atomic mass is 9.74. The Morgan fingerprint density at radius 1 is 0.872 bits per heavy atom. The number of aliphatic carboxylic acids is 1. The molecule has 1 aliphatic rings. The van der Waals surface area contributed by atoms with Gasteiger partial charge >= 0.3 is 5.97 Å². The van der Waals surface area contributed by atoms with Crippen molar-refractivity contribution in [1.82, 2.24) is 9.88 Å². The molecule has 0 aliphatic carbocycles. The summed E-state index contributed by atoms with van der Waals surface area (Å²) in [7, 11) is -2.67. The van der Waals surface area contributed by atoms with Crippen molar-refractivity contribution in [3.8, 4) is 0 Å². The van der Waals surface area contributed by atoms with E-state index in [4.69, 9.17) is 23.2 Å². The number of carboxylic acids is 1. The van der Waals surface area contributed by atoms with Crippen LogP contribution in [0, 0.1) is 5.92 Å². The fourth-order valence-electron chi connectivity index (χ4n) is 7.56. The highest BCUT2D eigenvalue weighted by atomic mass is 35.5. The number of carbonyl (C=O) groups is 2. The van der Waals surface area contributed by atoms with E-state index in [-0.39, 0.29) is 35.4 Å². The second-order valence-corrected chi connectivity index (χ2v) is 19.0. The SMILES string of the molecule is CCC(CN[Si](c1ccccc1)(c1ccccc1)C(C)(C)C)N1C(=O)[C@H](CC(=O)O)C[C@H](c2cccc(Cl)c2)[C@H]1c1ccc(Cl)cc1. The smallest absolute Gasteiger partial charge is 0.304 e. The molecule has 4 aromatic rings. The van der Waals surface area contributed by atoms with Gasteiger partial charge in [0.05, 0.1) is 12.5 Å². The number of carboxylic acid groups (broad SMARTS) is 1. The maximum Gasteiger partial charge on any atom is 0.304 e. The third kappa shape index (κ3) is 7.36. The number of nitrogens with one attached hydrogen (secondary N) is 1. The molecule has 8 heteroatoms. The highest BCUT2D eigenvalue weighted by Gasteiger charge is 2.50. The van der Waals surface area contributed by atoms with E-state index in [1.807, 2.05) is 65.6 Å². The van der Waals surface area contributed by atoms with Crippen LogP contribution in [0.25, 0.3) is 0 Å². The van der Waals surface area contributed by atoms with E-state index in [9.17, 15) is 14.7 Å². The summed E-state index contributed by atoms with van der Waals surface area (Å²) in [5, 5.41) is 13.6. The minimum absolute atomic E-state index is 0.123. The van der Waals surface area contributed by atoms with E-state index in [1.54, 1.807) is 0 Å². The van der Waals surface area contributed by atoms with Gasteiger partial charge in [-0.2, -0.15) is 0 Å². The summed E-state index contributed by atoms with van der Waals surface area (Å²) in [5.41, 5.74) is 1.95. The van der Waals surface area contributed by atoms with Gasteiger partial charge in [0.25, 0.3) is 0 Å². The van der Waals surface area contributed by atoms with E-state index >= 15 is 0 Å². The largest absolute Gasteiger partial charge is 0.481 e. The normalized spacial score (nSPS) is 19.4. The Labute approximate surface area is 290 Å². The Bertz CT molecular complexity index is 1620. The summed E-state index contributed by atoms with van der Waals surface area (Å²) >= 11 is 12.9. The molecule has 1 saturated heterocycles. The molecule has 0 aromatic heterocycles. The van der Waals surface area contributed by atoms with Gasteiger partial charge in [-0.25, -0.2) is 0 Å². The van der Waals surface area contributed by atoms with E-state index in [2.05, 4.69) is 81.2 Å². The first-order valence-corrected chi connectivity index (χ1v) is 19.1. The zero-order valence-corrected chi connectivity index (χ0v) is 30.0. The number of piperidine rings is 1. The molecular formula is C39H44Cl2N2O3Si. The number of carbonyl (C=O) groups excluding carboxylic acids is 1. The van der Waals surface area contributed by atoms with E-state index in [1.165, 1.54) is 10.4 Å². The lowest BCUT2D eigenvalue weighted by Crippen LogP contribution is -2.75. The number of likely N-dealkylation sites (tertiary alicyclic amines) is 1. The average molecular weight is 688 g/mol. The molecule has 0 spiro atoms. The molecule has 2 N–H and O–H groups in total. The molecule has 0 radical (unpaired) electrons. The van der Waals surface area contributed by atoms with Crippen LogP contribution in [-0.2, 0) is 9.59 Å². The Morgan fingerprint density at radius 3 is 1.98 bits per heavy atom. The highest BCUT2D eigenvalue weighted by molar-refractivity contribution is 7.02. The second-order valence-electron chi connectivity index (χ2n) is 13.6. The van der Waals surface area contributed by atoms with Crippen LogP contribution in [0.2, 0.25) is 15.1 Å². The van der Waals surface area contributed by atoms with Crippen molar-refractivity contribution in [2.24, 2.45) is 5.92 Å². The van der Waals surface area contributed by atoms with E-state index in [0.29, 0.717) is 29.4 Å². The third-order valence-electron chi connectivity index (χ3n) is 9.74. The fourth-order valence-corrected chi connectivity index (χ4v) is 12.8. The van der Waals surface area contributed by atoms with Crippen molar-refractivity contribution in [2.45, 2.75) is 70.0 Å². The minimum atomic E-state index is -2.67. The summed E-state index contributed by atoms with van der Waals surface area (Å²) in [6.07, 6.45) is 0.870. The van der Waals surface area contributed by atoms with Gasteiger partial charge in [0.15, 0.2) is 8.24 Å². The van der Waals surface area contributed by atoms with Gasteiger partial charge in [0, 0.05) is 34.5 Å². The molecule has 1 amide bonds. The number of hydrogen-bond acceptors (Lipinski definition) is 3. The monoisotopic (exact) mass is 686 g/mol. The molecule has 246 valence electrons. The molecule has 1 fully saturated rings. The van der Waals surface area contributed by atoms with Crippen molar-refractivity contribution >= 4 is 53.7 Å². The van der Waals surface area contributed by atoms with Gasteiger partial charge < -0.3 is 15.0 Å². The Balaban J connectivity index is 1.65. The summed E-state index contributed by atoms with van der Waals surface area (Å²) < 4.78 is 0. The fraction of sp³-hybridized carbons (Fsp3) is 0.333. The number of rotatable bonds is 11. The molecule has 1 unspecified atom stereocenters. The van der Waals surface area contributed by atoms with Crippen molar-refractivity contribution in [3.63, 3.8) is 0 Å². The molecule has 0 saturated carbocycles. The number of hydrogen-bond donors (Lipinski definition) is 2. The molecule has 4 atom stereocenters. The molecule has 1 heterocycles. The van der Waals surface area contributed by atoms with Crippen molar-refractivity contribution < 1.29 is 14.7 Å². The maximum atomic E-state index is 14.6. The number of amides is 1. The molecule has 4 aromatic carbocycles. The van der Waals surface area contributed by atoms with Crippen LogP contribution in [0.1, 0.15) is 70.0 Å². The third-order valence-corrected chi connectivity index (χ3v) is 15.6. The summed E-state index contributed by atoms with van der Waals surface area (Å²) in [6.45, 7) is 9.55. The van der Waals surface area contributed by atoms with Gasteiger partial charge in [-0.15, -0.1) is 0 Å². The Hall–Kier alpha value is -3.42. The van der Waals surface area contributed by atoms with Crippen LogP contribution in [0.3, 0.4) is 0 Å². The molecule has 5 rings (SSSR count). The molecule has 0 bridgehead atoms. The second kappa shape index (κ2) is 14.8. The van der Waals surface area contributed by atoms with Gasteiger partial charge in [-0.3, -0.25) is 9.59 Å². The summed E-state index contributed by atoms with van der Waals surface area (Å²) in [4.78, 5) is 32.9. The molecular weight excluding hydrogens is 643 g/mol. The van der Waals surface area contributed by atoms with E-state index < -0.39 is 20.1 Å². The van der Waals surface area contributed by atoms with Crippen LogP contribution < -0.4 is 15.4 Å². The molecule has 1 aliphatic heterocycles. The van der Waals surface area contributed by atoms with Gasteiger partial charge in [0.2, 0.25) is 5.91 Å².